The molecule has 10 nitrogen and oxygen atoms in total. The van der Waals surface area contributed by atoms with Gasteiger partial charge in [0.05, 0.1) is 29.0 Å². The van der Waals surface area contributed by atoms with Crippen molar-refractivity contribution in [2.45, 2.75) is 19.6 Å². The van der Waals surface area contributed by atoms with E-state index >= 15 is 0 Å². The number of nitrogens with one attached hydrogen (secondary N) is 3. The molecule has 0 unspecified atom stereocenters. The highest BCUT2D eigenvalue weighted by Gasteiger charge is 2.18. The zero-order valence-corrected chi connectivity index (χ0v) is 21.5. The summed E-state index contributed by atoms with van der Waals surface area (Å²) in [6.07, 6.45) is 4.22. The molecule has 0 spiro atoms. The smallest absolute Gasteiger partial charge is 0.246 e. The largest absolute Gasteiger partial charge is 0.494 e. The van der Waals surface area contributed by atoms with Crippen LogP contribution in [-0.2, 0) is 16.2 Å². The second-order valence-corrected chi connectivity index (χ2v) is 8.50. The van der Waals surface area contributed by atoms with Crippen LogP contribution in [0.15, 0.2) is 73.7 Å². The van der Waals surface area contributed by atoms with Crippen molar-refractivity contribution in [3.63, 3.8) is 0 Å². The van der Waals surface area contributed by atoms with Gasteiger partial charge in [0.25, 0.3) is 0 Å². The Labute approximate surface area is 224 Å². The standard InChI is InChI=1S/C27H25ClN6O4/c1-4-25(35)32-16(2)27(36)34-22-12-19-21(13-24(22)37-3)30-15-31-26(19)33-17-8-9-23(20(28)11-17)38-14-18-7-5-6-10-29-18/h4-13,15-16H,1,14H2,2-3H3,(H,32,35)(H,34,36)(H,30,31,33)/t16-/m1/s1. The van der Waals surface area contributed by atoms with Crippen LogP contribution in [0, 0.1) is 0 Å². The van der Waals surface area contributed by atoms with Crippen molar-refractivity contribution in [2.75, 3.05) is 17.7 Å². The number of hydrogen-bond donors (Lipinski definition) is 3. The van der Waals surface area contributed by atoms with Gasteiger partial charge in [-0.2, -0.15) is 0 Å². The summed E-state index contributed by atoms with van der Waals surface area (Å²) < 4.78 is 11.2. The molecule has 0 aliphatic carbocycles. The predicted molar refractivity (Wildman–Crippen MR) is 146 cm³/mol. The van der Waals surface area contributed by atoms with Gasteiger partial charge in [-0.3, -0.25) is 14.6 Å². The third kappa shape index (κ3) is 6.34. The number of methoxy groups -OCH3 is 1. The second kappa shape index (κ2) is 12.0. The molecular formula is C27H25ClN6O4. The Morgan fingerprint density at radius 3 is 2.66 bits per heavy atom. The number of ether oxygens (including phenoxy) is 2. The van der Waals surface area contributed by atoms with E-state index in [1.807, 2.05) is 24.3 Å². The van der Waals surface area contributed by atoms with Crippen LogP contribution in [0.4, 0.5) is 17.2 Å². The highest BCUT2D eigenvalue weighted by atomic mass is 35.5. The lowest BCUT2D eigenvalue weighted by atomic mass is 10.1. The molecule has 0 bridgehead atoms. The zero-order valence-electron chi connectivity index (χ0n) is 20.7. The zero-order chi connectivity index (χ0) is 27.1. The molecule has 2 heterocycles. The van der Waals surface area contributed by atoms with E-state index in [1.54, 1.807) is 37.4 Å². The van der Waals surface area contributed by atoms with Crippen molar-refractivity contribution in [3.8, 4) is 11.5 Å². The number of carbonyl (C=O) groups is 2. The summed E-state index contributed by atoms with van der Waals surface area (Å²) >= 11 is 6.46. The molecule has 0 saturated carbocycles. The molecule has 0 saturated heterocycles. The van der Waals surface area contributed by atoms with Crippen LogP contribution in [0.1, 0.15) is 12.6 Å². The summed E-state index contributed by atoms with van der Waals surface area (Å²) in [5.74, 6) is 0.513. The second-order valence-electron chi connectivity index (χ2n) is 8.10. The monoisotopic (exact) mass is 532 g/mol. The van der Waals surface area contributed by atoms with Gasteiger partial charge in [-0.1, -0.05) is 24.2 Å². The summed E-state index contributed by atoms with van der Waals surface area (Å²) in [5.41, 5.74) is 2.43. The minimum Gasteiger partial charge on any atom is -0.494 e. The molecule has 11 heteroatoms. The minimum atomic E-state index is -0.800. The van der Waals surface area contributed by atoms with E-state index < -0.39 is 17.9 Å². The van der Waals surface area contributed by atoms with Crippen LogP contribution in [0.5, 0.6) is 11.5 Å². The van der Waals surface area contributed by atoms with E-state index in [4.69, 9.17) is 21.1 Å². The number of hydrogen-bond acceptors (Lipinski definition) is 8. The fraction of sp³-hybridized carbons (Fsp3) is 0.148. The van der Waals surface area contributed by atoms with Gasteiger partial charge in [0.1, 0.15) is 36.3 Å². The Balaban J connectivity index is 1.56. The van der Waals surface area contributed by atoms with Crippen LogP contribution < -0.4 is 25.4 Å². The first-order chi connectivity index (χ1) is 18.4. The van der Waals surface area contributed by atoms with Crippen molar-refractivity contribution < 1.29 is 19.1 Å². The Hall–Kier alpha value is -4.70. The molecule has 38 heavy (non-hydrogen) atoms. The Morgan fingerprint density at radius 1 is 1.11 bits per heavy atom. The summed E-state index contributed by atoms with van der Waals surface area (Å²) in [6.45, 7) is 5.24. The molecule has 194 valence electrons. The topological polar surface area (TPSA) is 127 Å². The Morgan fingerprint density at radius 2 is 1.95 bits per heavy atom. The lowest BCUT2D eigenvalue weighted by Gasteiger charge is -2.16. The first-order valence-corrected chi connectivity index (χ1v) is 11.9. The molecule has 0 radical (unpaired) electrons. The number of halogens is 1. The normalized spacial score (nSPS) is 11.3. The van der Waals surface area contributed by atoms with Crippen molar-refractivity contribution in [2.24, 2.45) is 0 Å². The molecule has 4 rings (SSSR count). The number of anilines is 3. The number of nitrogens with zero attached hydrogens (tertiary/aromatic N) is 3. The quantitative estimate of drug-likeness (QED) is 0.252. The van der Waals surface area contributed by atoms with Crippen molar-refractivity contribution in [3.05, 3.63) is 84.4 Å². The first kappa shape index (κ1) is 26.4. The molecule has 2 aromatic carbocycles. The lowest BCUT2D eigenvalue weighted by Crippen LogP contribution is -2.40. The fourth-order valence-electron chi connectivity index (χ4n) is 3.50. The lowest BCUT2D eigenvalue weighted by molar-refractivity contribution is -0.123. The number of benzene rings is 2. The maximum Gasteiger partial charge on any atom is 0.246 e. The van der Waals surface area contributed by atoms with Crippen LogP contribution in [0.2, 0.25) is 5.02 Å². The van der Waals surface area contributed by atoms with Crippen molar-refractivity contribution >= 4 is 51.5 Å². The first-order valence-electron chi connectivity index (χ1n) is 11.5. The highest BCUT2D eigenvalue weighted by Crippen LogP contribution is 2.34. The van der Waals surface area contributed by atoms with E-state index in [0.717, 1.165) is 11.8 Å². The SMILES string of the molecule is C=CC(=O)N[C@H](C)C(=O)Nc1cc2c(Nc3ccc(OCc4ccccn4)c(Cl)c3)ncnc2cc1OC. The van der Waals surface area contributed by atoms with Crippen molar-refractivity contribution in [1.82, 2.24) is 20.3 Å². The fourth-order valence-corrected chi connectivity index (χ4v) is 3.73. The van der Waals surface area contributed by atoms with Gasteiger partial charge in [-0.25, -0.2) is 9.97 Å². The number of rotatable bonds is 10. The third-order valence-electron chi connectivity index (χ3n) is 5.45. The molecule has 0 fully saturated rings. The van der Waals surface area contributed by atoms with E-state index in [1.165, 1.54) is 13.4 Å². The van der Waals surface area contributed by atoms with E-state index in [0.29, 0.717) is 44.6 Å². The maximum absolute atomic E-state index is 12.7. The van der Waals surface area contributed by atoms with Gasteiger partial charge < -0.3 is 25.4 Å². The number of fused-ring (bicyclic) bond motifs is 1. The Kier molecular flexibility index (Phi) is 8.34. The summed E-state index contributed by atoms with van der Waals surface area (Å²) in [4.78, 5) is 37.1. The Bertz CT molecular complexity index is 1480. The van der Waals surface area contributed by atoms with Crippen LogP contribution in [-0.4, -0.2) is 39.9 Å². The number of aromatic nitrogens is 3. The average Bonchev–Trinajstić information content (AvgIpc) is 2.93. The van der Waals surface area contributed by atoms with Gasteiger partial charge in [0.2, 0.25) is 11.8 Å². The van der Waals surface area contributed by atoms with Crippen LogP contribution >= 0.6 is 11.6 Å². The van der Waals surface area contributed by atoms with E-state index in [2.05, 4.69) is 37.5 Å². The van der Waals surface area contributed by atoms with Gasteiger partial charge in [0, 0.05) is 23.3 Å². The number of pyridine rings is 1. The van der Waals surface area contributed by atoms with Gasteiger partial charge in [-0.05, 0) is 49.4 Å². The third-order valence-corrected chi connectivity index (χ3v) is 5.74. The predicted octanol–water partition coefficient (Wildman–Crippen LogP) is 4.64. The molecule has 0 aliphatic heterocycles. The maximum atomic E-state index is 12.7. The summed E-state index contributed by atoms with van der Waals surface area (Å²) in [5, 5.41) is 9.58. The average molecular weight is 533 g/mol. The summed E-state index contributed by atoms with van der Waals surface area (Å²) in [6, 6.07) is 13.5. The molecular weight excluding hydrogens is 508 g/mol. The van der Waals surface area contributed by atoms with Gasteiger partial charge in [-0.15, -0.1) is 0 Å². The number of amides is 2. The van der Waals surface area contributed by atoms with Gasteiger partial charge in [0.15, 0.2) is 0 Å². The summed E-state index contributed by atoms with van der Waals surface area (Å²) in [7, 11) is 1.49. The molecule has 0 aliphatic rings. The molecule has 3 N–H and O–H groups in total. The van der Waals surface area contributed by atoms with E-state index in [-0.39, 0.29) is 6.61 Å². The molecule has 1 atom stereocenters. The minimum absolute atomic E-state index is 0.288. The van der Waals surface area contributed by atoms with Crippen LogP contribution in [0.25, 0.3) is 10.9 Å². The molecule has 2 amide bonds. The van der Waals surface area contributed by atoms with Gasteiger partial charge >= 0.3 is 0 Å². The van der Waals surface area contributed by atoms with Crippen molar-refractivity contribution in [1.29, 1.82) is 0 Å². The van der Waals surface area contributed by atoms with Crippen LogP contribution in [0.3, 0.4) is 0 Å². The molecule has 2 aromatic heterocycles. The van der Waals surface area contributed by atoms with E-state index in [9.17, 15) is 9.59 Å². The number of carbonyl (C=O) groups excluding carboxylic acids is 2. The highest BCUT2D eigenvalue weighted by molar-refractivity contribution is 6.32. The molecule has 4 aromatic rings.